The summed E-state index contributed by atoms with van der Waals surface area (Å²) >= 11 is 0. The molecule has 2 heterocycles. The van der Waals surface area contributed by atoms with Crippen LogP contribution in [0, 0.1) is 0 Å². The Hall–Kier alpha value is -7.69. The second kappa shape index (κ2) is 12.4. The van der Waals surface area contributed by atoms with Gasteiger partial charge in [-0.2, -0.15) is 0 Å². The molecule has 0 fully saturated rings. The highest BCUT2D eigenvalue weighted by atomic mass is 16.3. The molecule has 2 aromatic heterocycles. The maximum Gasteiger partial charge on any atom is 0.228 e. The van der Waals surface area contributed by atoms with E-state index < -0.39 is 0 Å². The van der Waals surface area contributed by atoms with E-state index in [-0.39, 0.29) is 0 Å². The summed E-state index contributed by atoms with van der Waals surface area (Å²) in [5.41, 5.74) is 9.51. The van der Waals surface area contributed by atoms with Crippen LogP contribution in [0.1, 0.15) is 0 Å². The average Bonchev–Trinajstić information content (AvgIpc) is 3.89. The summed E-state index contributed by atoms with van der Waals surface area (Å²) in [5.74, 6) is 0.578. The molecule has 0 radical (unpaired) electrons. The number of nitrogens with zero attached hydrogens (tertiary/aromatic N) is 2. The lowest BCUT2D eigenvalue weighted by molar-refractivity contribution is 0.623. The zero-order valence-corrected chi connectivity index (χ0v) is 30.7. The molecule has 0 amide bonds. The summed E-state index contributed by atoms with van der Waals surface area (Å²) in [6, 6.07) is 68.7. The molecule has 0 unspecified atom stereocenters. The Balaban J connectivity index is 1.05. The summed E-state index contributed by atoms with van der Waals surface area (Å²) in [7, 11) is 0. The number of rotatable bonds is 5. The minimum absolute atomic E-state index is 0.578. The van der Waals surface area contributed by atoms with Crippen molar-refractivity contribution in [1.29, 1.82) is 0 Å². The van der Waals surface area contributed by atoms with Crippen LogP contribution in [0.15, 0.2) is 203 Å². The highest BCUT2D eigenvalue weighted by Gasteiger charge is 2.22. The molecule has 4 nitrogen and oxygen atoms in total. The van der Waals surface area contributed by atoms with E-state index >= 15 is 0 Å². The first-order valence-electron chi connectivity index (χ1n) is 19.3. The summed E-state index contributed by atoms with van der Waals surface area (Å²) in [6.45, 7) is 0. The summed E-state index contributed by atoms with van der Waals surface area (Å²) in [4.78, 5) is 7.33. The lowest BCUT2D eigenvalue weighted by atomic mass is 9.96. The maximum atomic E-state index is 6.69. The molecular formula is C53H32N2O2. The van der Waals surface area contributed by atoms with Crippen LogP contribution in [0.5, 0.6) is 0 Å². The van der Waals surface area contributed by atoms with Crippen molar-refractivity contribution in [3.05, 3.63) is 194 Å². The topological polar surface area (TPSA) is 42.4 Å². The third kappa shape index (κ3) is 4.98. The van der Waals surface area contributed by atoms with E-state index in [4.69, 9.17) is 13.8 Å². The summed E-state index contributed by atoms with van der Waals surface area (Å²) in [6.07, 6.45) is 0. The van der Waals surface area contributed by atoms with Crippen LogP contribution in [0.3, 0.4) is 0 Å². The van der Waals surface area contributed by atoms with Gasteiger partial charge in [-0.3, -0.25) is 0 Å². The first-order chi connectivity index (χ1) is 28.2. The number of hydrogen-bond donors (Lipinski definition) is 0. The fraction of sp³-hybridized carbons (Fsp3) is 0. The van der Waals surface area contributed by atoms with Crippen molar-refractivity contribution in [2.45, 2.75) is 0 Å². The van der Waals surface area contributed by atoms with E-state index in [1.807, 2.05) is 30.3 Å². The van der Waals surface area contributed by atoms with Crippen molar-refractivity contribution in [3.63, 3.8) is 0 Å². The average molecular weight is 729 g/mol. The predicted molar refractivity (Wildman–Crippen MR) is 237 cm³/mol. The van der Waals surface area contributed by atoms with Gasteiger partial charge in [0.15, 0.2) is 5.58 Å². The number of furan rings is 1. The van der Waals surface area contributed by atoms with Gasteiger partial charge < -0.3 is 13.7 Å². The molecule has 10 aromatic carbocycles. The van der Waals surface area contributed by atoms with Gasteiger partial charge in [-0.15, -0.1) is 0 Å². The highest BCUT2D eigenvalue weighted by molar-refractivity contribution is 6.18. The first kappa shape index (κ1) is 31.6. The van der Waals surface area contributed by atoms with Crippen molar-refractivity contribution in [2.24, 2.45) is 0 Å². The van der Waals surface area contributed by atoms with Crippen LogP contribution >= 0.6 is 0 Å². The highest BCUT2D eigenvalue weighted by Crippen LogP contribution is 2.45. The Morgan fingerprint density at radius 2 is 1.02 bits per heavy atom. The van der Waals surface area contributed by atoms with Gasteiger partial charge in [-0.05, 0) is 91.8 Å². The molecule has 0 aliphatic carbocycles. The van der Waals surface area contributed by atoms with Crippen molar-refractivity contribution in [2.75, 3.05) is 4.90 Å². The largest absolute Gasteiger partial charge is 0.456 e. The van der Waals surface area contributed by atoms with Crippen LogP contribution < -0.4 is 4.90 Å². The van der Waals surface area contributed by atoms with Gasteiger partial charge in [0.25, 0.3) is 0 Å². The zero-order chi connectivity index (χ0) is 37.5. The molecular weight excluding hydrogens is 697 g/mol. The smallest absolute Gasteiger partial charge is 0.228 e. The van der Waals surface area contributed by atoms with Crippen LogP contribution in [-0.4, -0.2) is 4.98 Å². The van der Waals surface area contributed by atoms with Gasteiger partial charge >= 0.3 is 0 Å². The van der Waals surface area contributed by atoms with Crippen molar-refractivity contribution in [1.82, 2.24) is 4.98 Å². The Kier molecular flexibility index (Phi) is 6.89. The second-order valence-corrected chi connectivity index (χ2v) is 14.7. The number of fused-ring (bicyclic) bond motifs is 11. The molecule has 0 aliphatic heterocycles. The molecule has 0 saturated heterocycles. The van der Waals surface area contributed by atoms with Crippen molar-refractivity contribution in [3.8, 4) is 22.6 Å². The molecule has 0 aliphatic rings. The SMILES string of the molecule is c1ccc(-c2ccccc2N(c2ccc3c(ccc4c5ccccc5ccc34)c2)c2ccc3c(c2)oc2cccc(-c4nc5ccc6ccccc6c5o4)c23)cc1. The number of benzene rings is 10. The van der Waals surface area contributed by atoms with Gasteiger partial charge in [0, 0.05) is 44.7 Å². The zero-order valence-electron chi connectivity index (χ0n) is 30.7. The minimum Gasteiger partial charge on any atom is -0.456 e. The van der Waals surface area contributed by atoms with Gasteiger partial charge in [-0.25, -0.2) is 4.98 Å². The van der Waals surface area contributed by atoms with Gasteiger partial charge in [0.2, 0.25) is 5.89 Å². The number of para-hydroxylation sites is 1. The third-order valence-electron chi connectivity index (χ3n) is 11.5. The minimum atomic E-state index is 0.578. The Morgan fingerprint density at radius 1 is 0.386 bits per heavy atom. The van der Waals surface area contributed by atoms with E-state index in [0.29, 0.717) is 5.89 Å². The fourth-order valence-electron chi connectivity index (χ4n) is 8.82. The molecule has 266 valence electrons. The number of hydrogen-bond acceptors (Lipinski definition) is 4. The van der Waals surface area contributed by atoms with Crippen molar-refractivity contribution < 1.29 is 8.83 Å². The number of oxazole rings is 1. The summed E-state index contributed by atoms with van der Waals surface area (Å²) < 4.78 is 13.2. The normalized spacial score (nSPS) is 11.9. The molecule has 0 bridgehead atoms. The number of aromatic nitrogens is 1. The Bertz CT molecular complexity index is 3540. The molecule has 0 N–H and O–H groups in total. The van der Waals surface area contributed by atoms with Crippen LogP contribution in [0.25, 0.3) is 98.7 Å². The molecule has 0 saturated carbocycles. The monoisotopic (exact) mass is 728 g/mol. The molecule has 0 atom stereocenters. The molecule has 12 rings (SSSR count). The predicted octanol–water partition coefficient (Wildman–Crippen LogP) is 15.1. The van der Waals surface area contributed by atoms with Gasteiger partial charge in [0.1, 0.15) is 16.7 Å². The van der Waals surface area contributed by atoms with Gasteiger partial charge in [0.05, 0.1) is 5.69 Å². The lowest BCUT2D eigenvalue weighted by Gasteiger charge is -2.28. The quantitative estimate of drug-likeness (QED) is 0.166. The summed E-state index contributed by atoms with van der Waals surface area (Å²) in [5, 5.41) is 11.6. The van der Waals surface area contributed by atoms with E-state index in [1.165, 1.54) is 32.3 Å². The van der Waals surface area contributed by atoms with E-state index in [2.05, 4.69) is 169 Å². The molecule has 4 heteroatoms. The Morgan fingerprint density at radius 3 is 1.88 bits per heavy atom. The molecule has 12 aromatic rings. The standard InChI is InChI=1S/C53H32N2O2/c1-2-11-33(12-3-1)41-16-8-9-19-48(41)55(37-24-28-40-36(31-37)22-27-43-39-15-6-4-13-34(39)21-26-44(40)43)38-25-29-45-50(32-38)56-49-20-10-18-46(51(45)49)53-54-47-30-23-35-14-5-7-17-42(35)52(47)57-53/h1-32H. The van der Waals surface area contributed by atoms with E-state index in [9.17, 15) is 0 Å². The lowest BCUT2D eigenvalue weighted by Crippen LogP contribution is -2.11. The van der Waals surface area contributed by atoms with E-state index in [1.54, 1.807) is 0 Å². The van der Waals surface area contributed by atoms with Crippen molar-refractivity contribution >= 4 is 93.2 Å². The Labute approximate surface area is 327 Å². The van der Waals surface area contributed by atoms with Crippen LogP contribution in [0.2, 0.25) is 0 Å². The van der Waals surface area contributed by atoms with Gasteiger partial charge in [-0.1, -0.05) is 140 Å². The van der Waals surface area contributed by atoms with Crippen LogP contribution in [-0.2, 0) is 0 Å². The maximum absolute atomic E-state index is 6.69. The first-order valence-corrected chi connectivity index (χ1v) is 19.3. The third-order valence-corrected chi connectivity index (χ3v) is 11.5. The molecule has 0 spiro atoms. The van der Waals surface area contributed by atoms with Crippen LogP contribution in [0.4, 0.5) is 17.1 Å². The number of anilines is 3. The van der Waals surface area contributed by atoms with E-state index in [0.717, 1.165) is 77.6 Å². The second-order valence-electron chi connectivity index (χ2n) is 14.7. The molecule has 57 heavy (non-hydrogen) atoms. The fourth-order valence-corrected chi connectivity index (χ4v) is 8.82.